The van der Waals surface area contributed by atoms with Crippen LogP contribution in [-0.2, 0) is 19.7 Å². The van der Waals surface area contributed by atoms with Crippen LogP contribution in [0.5, 0.6) is 0 Å². The Balaban J connectivity index is 1.98. The first-order valence-electron chi connectivity index (χ1n) is 7.84. The van der Waals surface area contributed by atoms with Crippen LogP contribution < -0.4 is 11.1 Å². The molecule has 0 radical (unpaired) electrons. The van der Waals surface area contributed by atoms with E-state index in [9.17, 15) is 14.4 Å². The Morgan fingerprint density at radius 2 is 2.00 bits per heavy atom. The molecule has 3 rings (SSSR count). The zero-order chi connectivity index (χ0) is 17.7. The van der Waals surface area contributed by atoms with E-state index in [1.165, 1.54) is 4.90 Å². The van der Waals surface area contributed by atoms with Crippen molar-refractivity contribution in [3.8, 4) is 0 Å². The number of nitrogens with one attached hydrogen (secondary N) is 1. The van der Waals surface area contributed by atoms with Crippen molar-refractivity contribution in [3.05, 3.63) is 29.8 Å². The van der Waals surface area contributed by atoms with E-state index in [0.717, 1.165) is 5.56 Å². The number of para-hydroxylation sites is 1. The Kier molecular flexibility index (Phi) is 3.55. The van der Waals surface area contributed by atoms with Gasteiger partial charge in [-0.25, -0.2) is 4.79 Å². The number of carbonyl (C=O) groups is 3. The van der Waals surface area contributed by atoms with Gasteiger partial charge >= 0.3 is 6.09 Å². The fourth-order valence-electron chi connectivity index (χ4n) is 3.41. The van der Waals surface area contributed by atoms with Crippen molar-refractivity contribution < 1.29 is 19.1 Å². The summed E-state index contributed by atoms with van der Waals surface area (Å²) in [5, 5.41) is 2.83. The van der Waals surface area contributed by atoms with Crippen LogP contribution in [0.15, 0.2) is 24.3 Å². The minimum atomic E-state index is -0.965. The van der Waals surface area contributed by atoms with E-state index in [4.69, 9.17) is 10.5 Å². The van der Waals surface area contributed by atoms with Gasteiger partial charge in [0, 0.05) is 12.2 Å². The maximum atomic E-state index is 12.6. The van der Waals surface area contributed by atoms with Crippen molar-refractivity contribution in [2.75, 3.05) is 11.9 Å². The number of rotatable bonds is 1. The molecule has 2 aliphatic rings. The molecule has 0 aliphatic carbocycles. The fraction of sp³-hybridized carbons (Fsp3) is 0.471. The highest BCUT2D eigenvalue weighted by Crippen LogP contribution is 2.46. The van der Waals surface area contributed by atoms with Gasteiger partial charge in [0.25, 0.3) is 0 Å². The quantitative estimate of drug-likeness (QED) is 0.811. The number of carbonyl (C=O) groups excluding carboxylic acids is 3. The summed E-state index contributed by atoms with van der Waals surface area (Å²) in [6, 6.07) is 6.42. The smallest absolute Gasteiger partial charge is 0.411 e. The van der Waals surface area contributed by atoms with E-state index >= 15 is 0 Å². The summed E-state index contributed by atoms with van der Waals surface area (Å²) in [6.07, 6.45) is -0.481. The largest absolute Gasteiger partial charge is 0.444 e. The number of anilines is 1. The number of hydrogen-bond donors (Lipinski definition) is 2. The maximum absolute atomic E-state index is 12.6. The number of benzene rings is 1. The minimum Gasteiger partial charge on any atom is -0.444 e. The van der Waals surface area contributed by atoms with Gasteiger partial charge < -0.3 is 15.8 Å². The third-order valence-electron chi connectivity index (χ3n) is 4.44. The fourth-order valence-corrected chi connectivity index (χ4v) is 3.41. The number of nitrogens with zero attached hydrogens (tertiary/aromatic N) is 1. The van der Waals surface area contributed by atoms with Crippen LogP contribution in [0.4, 0.5) is 10.5 Å². The molecule has 3 N–H and O–H groups in total. The second-order valence-electron chi connectivity index (χ2n) is 7.31. The van der Waals surface area contributed by atoms with Crippen LogP contribution in [0.25, 0.3) is 0 Å². The molecule has 128 valence electrons. The Hall–Kier alpha value is -2.57. The lowest BCUT2D eigenvalue weighted by atomic mass is 9.79. The molecule has 24 heavy (non-hydrogen) atoms. The number of hydrogen-bond acceptors (Lipinski definition) is 4. The van der Waals surface area contributed by atoms with Gasteiger partial charge in [-0.05, 0) is 38.8 Å². The molecule has 1 fully saturated rings. The molecule has 1 aromatic carbocycles. The molecule has 3 amide bonds. The number of fused-ring (bicyclic) bond motifs is 2. The zero-order valence-corrected chi connectivity index (χ0v) is 14.0. The summed E-state index contributed by atoms with van der Waals surface area (Å²) in [4.78, 5) is 38.3. The Morgan fingerprint density at radius 3 is 2.62 bits per heavy atom. The second-order valence-corrected chi connectivity index (χ2v) is 7.31. The number of ether oxygens (including phenoxy) is 1. The van der Waals surface area contributed by atoms with Crippen LogP contribution >= 0.6 is 0 Å². The summed E-state index contributed by atoms with van der Waals surface area (Å²) in [6.45, 7) is 5.30. The standard InChI is InChI=1S/C17H21N3O4/c1-16(2,3)24-15(23)20-9-17(8-12(20)13(18)21)10-6-4-5-7-11(10)19-14(17)22/h4-7,12H,8-9H2,1-3H3,(H2,18,21)(H,19,22)/t12-,17-/m0/s1. The van der Waals surface area contributed by atoms with Crippen LogP contribution in [0.2, 0.25) is 0 Å². The van der Waals surface area contributed by atoms with Crippen LogP contribution in [0.1, 0.15) is 32.8 Å². The average Bonchev–Trinajstić information content (AvgIpc) is 2.99. The lowest BCUT2D eigenvalue weighted by Gasteiger charge is -2.27. The number of likely N-dealkylation sites (tertiary alicyclic amines) is 1. The van der Waals surface area contributed by atoms with Gasteiger partial charge in [0.1, 0.15) is 11.6 Å². The van der Waals surface area contributed by atoms with E-state index in [1.807, 2.05) is 18.2 Å². The van der Waals surface area contributed by atoms with Gasteiger partial charge in [-0.2, -0.15) is 0 Å². The molecular formula is C17H21N3O4. The molecule has 2 heterocycles. The van der Waals surface area contributed by atoms with Gasteiger partial charge in [0.15, 0.2) is 0 Å². The van der Waals surface area contributed by atoms with E-state index in [0.29, 0.717) is 5.69 Å². The summed E-state index contributed by atoms with van der Waals surface area (Å²) < 4.78 is 5.38. The van der Waals surface area contributed by atoms with Gasteiger partial charge in [-0.3, -0.25) is 14.5 Å². The monoisotopic (exact) mass is 331 g/mol. The highest BCUT2D eigenvalue weighted by molar-refractivity contribution is 6.08. The lowest BCUT2D eigenvalue weighted by molar-refractivity contribution is -0.122. The van der Waals surface area contributed by atoms with Crippen LogP contribution in [0, 0.1) is 0 Å². The predicted octanol–water partition coefficient (Wildman–Crippen LogP) is 1.37. The molecule has 1 saturated heterocycles. The molecule has 2 aliphatic heterocycles. The molecule has 7 heteroatoms. The third kappa shape index (κ3) is 2.50. The molecule has 1 aromatic rings. The van der Waals surface area contributed by atoms with Crippen molar-refractivity contribution >= 4 is 23.6 Å². The summed E-state index contributed by atoms with van der Waals surface area (Å²) in [5.41, 5.74) is 5.31. The van der Waals surface area contributed by atoms with E-state index in [2.05, 4.69) is 5.32 Å². The topological polar surface area (TPSA) is 102 Å². The molecule has 0 aromatic heterocycles. The summed E-state index contributed by atoms with van der Waals surface area (Å²) >= 11 is 0. The first-order chi connectivity index (χ1) is 11.1. The molecular weight excluding hydrogens is 310 g/mol. The highest BCUT2D eigenvalue weighted by Gasteiger charge is 2.57. The minimum absolute atomic E-state index is 0.0678. The van der Waals surface area contributed by atoms with Gasteiger partial charge in [-0.15, -0.1) is 0 Å². The van der Waals surface area contributed by atoms with Crippen molar-refractivity contribution in [3.63, 3.8) is 0 Å². The maximum Gasteiger partial charge on any atom is 0.411 e. The molecule has 7 nitrogen and oxygen atoms in total. The van der Waals surface area contributed by atoms with Crippen LogP contribution in [-0.4, -0.2) is 41.0 Å². The first kappa shape index (κ1) is 16.3. The summed E-state index contributed by atoms with van der Waals surface area (Å²) in [7, 11) is 0. The number of nitrogens with two attached hydrogens (primary N) is 1. The predicted molar refractivity (Wildman–Crippen MR) is 87.3 cm³/mol. The average molecular weight is 331 g/mol. The van der Waals surface area contributed by atoms with Crippen molar-refractivity contribution in [2.45, 2.75) is 44.2 Å². The zero-order valence-electron chi connectivity index (χ0n) is 14.0. The van der Waals surface area contributed by atoms with Gasteiger partial charge in [-0.1, -0.05) is 18.2 Å². The van der Waals surface area contributed by atoms with Crippen molar-refractivity contribution in [2.24, 2.45) is 5.73 Å². The molecule has 0 saturated carbocycles. The third-order valence-corrected chi connectivity index (χ3v) is 4.44. The molecule has 1 spiro atoms. The number of primary amides is 1. The number of amides is 3. The molecule has 2 atom stereocenters. The van der Waals surface area contributed by atoms with E-state index < -0.39 is 29.1 Å². The van der Waals surface area contributed by atoms with Crippen molar-refractivity contribution in [1.82, 2.24) is 4.90 Å². The molecule has 0 unspecified atom stereocenters. The molecule has 0 bridgehead atoms. The van der Waals surface area contributed by atoms with Crippen LogP contribution in [0.3, 0.4) is 0 Å². The Morgan fingerprint density at radius 1 is 1.33 bits per heavy atom. The Labute approximate surface area is 140 Å². The lowest BCUT2D eigenvalue weighted by Crippen LogP contribution is -2.46. The normalized spacial score (nSPS) is 25.5. The van der Waals surface area contributed by atoms with Crippen molar-refractivity contribution in [1.29, 1.82) is 0 Å². The SMILES string of the molecule is CC(C)(C)OC(=O)N1C[C@]2(C[C@H]1C(N)=O)C(=O)Nc1ccccc12. The van der Waals surface area contributed by atoms with Gasteiger partial charge in [0.2, 0.25) is 11.8 Å². The first-order valence-corrected chi connectivity index (χ1v) is 7.84. The summed E-state index contributed by atoms with van der Waals surface area (Å²) in [5.74, 6) is -0.865. The van der Waals surface area contributed by atoms with E-state index in [-0.39, 0.29) is 18.9 Å². The highest BCUT2D eigenvalue weighted by atomic mass is 16.6. The van der Waals surface area contributed by atoms with E-state index in [1.54, 1.807) is 26.8 Å². The second kappa shape index (κ2) is 5.22. The van der Waals surface area contributed by atoms with Gasteiger partial charge in [0.05, 0.1) is 5.41 Å². The Bertz CT molecular complexity index is 725.